The molecule has 0 fully saturated rings. The molecule has 1 heterocycles. The van der Waals surface area contributed by atoms with Crippen molar-refractivity contribution in [3.8, 4) is 22.9 Å². The van der Waals surface area contributed by atoms with Gasteiger partial charge in [-0.05, 0) is 72.1 Å². The average Bonchev–Trinajstić information content (AvgIpc) is 2.87. The summed E-state index contributed by atoms with van der Waals surface area (Å²) >= 11 is 0. The zero-order chi connectivity index (χ0) is 24.9. The number of carboxylic acids is 1. The van der Waals surface area contributed by atoms with Gasteiger partial charge in [0.05, 0.1) is 24.6 Å². The number of nitrogens with one attached hydrogen (secondary N) is 1. The number of aromatic carboxylic acids is 1. The van der Waals surface area contributed by atoms with Crippen molar-refractivity contribution in [1.29, 1.82) is 0 Å². The number of aromatic nitrogens is 2. The first kappa shape index (κ1) is 23.6. The van der Waals surface area contributed by atoms with Gasteiger partial charge < -0.3 is 19.9 Å². The number of hydrogen-bond donors (Lipinski definition) is 2. The summed E-state index contributed by atoms with van der Waals surface area (Å²) in [6.07, 6.45) is 1.47. The minimum atomic E-state index is -1.03. The molecule has 0 unspecified atom stereocenters. The van der Waals surface area contributed by atoms with Crippen LogP contribution in [0.4, 0.5) is 11.4 Å². The fourth-order valence-electron chi connectivity index (χ4n) is 3.44. The zero-order valence-corrected chi connectivity index (χ0v) is 19.6. The molecule has 0 saturated carbocycles. The summed E-state index contributed by atoms with van der Waals surface area (Å²) in [5, 5.41) is 16.6. The SMILES string of the molecule is COc1ccc(-n2ncc(Oc3cccc(C(C)C)c3)c(Nc3ccc(C(=O)O)cc3)c2=O)cc1. The third-order valence-corrected chi connectivity index (χ3v) is 5.41. The lowest BCUT2D eigenvalue weighted by Crippen LogP contribution is -2.24. The smallest absolute Gasteiger partial charge is 0.335 e. The molecule has 4 rings (SSSR count). The summed E-state index contributed by atoms with van der Waals surface area (Å²) in [6, 6.07) is 20.7. The van der Waals surface area contributed by atoms with E-state index >= 15 is 0 Å². The molecule has 8 heteroatoms. The van der Waals surface area contributed by atoms with Crippen LogP contribution < -0.4 is 20.3 Å². The maximum absolute atomic E-state index is 13.5. The predicted molar refractivity (Wildman–Crippen MR) is 134 cm³/mol. The van der Waals surface area contributed by atoms with Crippen LogP contribution >= 0.6 is 0 Å². The summed E-state index contributed by atoms with van der Waals surface area (Å²) in [5.74, 6) is 0.747. The van der Waals surface area contributed by atoms with Gasteiger partial charge in [0.25, 0.3) is 5.56 Å². The molecule has 178 valence electrons. The van der Waals surface area contributed by atoms with E-state index < -0.39 is 11.5 Å². The Labute approximate surface area is 202 Å². The third-order valence-electron chi connectivity index (χ3n) is 5.41. The van der Waals surface area contributed by atoms with Crippen molar-refractivity contribution in [3.05, 3.63) is 100 Å². The van der Waals surface area contributed by atoms with E-state index in [2.05, 4.69) is 24.3 Å². The number of benzene rings is 3. The Kier molecular flexibility index (Phi) is 6.82. The van der Waals surface area contributed by atoms with E-state index in [-0.39, 0.29) is 17.0 Å². The Balaban J connectivity index is 1.77. The van der Waals surface area contributed by atoms with Gasteiger partial charge in [-0.25, -0.2) is 4.79 Å². The van der Waals surface area contributed by atoms with Crippen molar-refractivity contribution in [3.63, 3.8) is 0 Å². The van der Waals surface area contributed by atoms with E-state index in [1.165, 1.54) is 23.0 Å². The standard InChI is InChI=1S/C27H25N3O5/c1-17(2)19-5-4-6-23(15-19)35-24-16-28-30(21-11-13-22(34-3)14-12-21)26(31)25(24)29-20-9-7-18(8-10-20)27(32)33/h4-17,29H,1-3H3,(H,32,33). The quantitative estimate of drug-likeness (QED) is 0.345. The number of carbonyl (C=O) groups is 1. The second-order valence-corrected chi connectivity index (χ2v) is 8.14. The van der Waals surface area contributed by atoms with Crippen LogP contribution in [0.15, 0.2) is 83.8 Å². The zero-order valence-electron chi connectivity index (χ0n) is 19.6. The Morgan fingerprint density at radius 2 is 1.71 bits per heavy atom. The highest BCUT2D eigenvalue weighted by Crippen LogP contribution is 2.30. The lowest BCUT2D eigenvalue weighted by Gasteiger charge is -2.15. The normalized spacial score (nSPS) is 10.7. The van der Waals surface area contributed by atoms with Gasteiger partial charge in [-0.2, -0.15) is 9.78 Å². The highest BCUT2D eigenvalue weighted by atomic mass is 16.5. The van der Waals surface area contributed by atoms with Crippen molar-refractivity contribution < 1.29 is 19.4 Å². The van der Waals surface area contributed by atoms with Crippen molar-refractivity contribution in [2.24, 2.45) is 0 Å². The van der Waals surface area contributed by atoms with Crippen LogP contribution in [0.3, 0.4) is 0 Å². The first-order chi connectivity index (χ1) is 16.9. The van der Waals surface area contributed by atoms with Crippen LogP contribution in [-0.4, -0.2) is 28.0 Å². The van der Waals surface area contributed by atoms with Crippen LogP contribution in [0.1, 0.15) is 35.7 Å². The fourth-order valence-corrected chi connectivity index (χ4v) is 3.44. The van der Waals surface area contributed by atoms with Gasteiger partial charge in [-0.1, -0.05) is 26.0 Å². The number of carboxylic acid groups (broad SMARTS) is 1. The number of rotatable bonds is 8. The average molecular weight is 472 g/mol. The summed E-state index contributed by atoms with van der Waals surface area (Å²) < 4.78 is 12.5. The molecular formula is C27H25N3O5. The van der Waals surface area contributed by atoms with Gasteiger partial charge in [0.1, 0.15) is 11.5 Å². The van der Waals surface area contributed by atoms with Crippen LogP contribution in [0.2, 0.25) is 0 Å². The lowest BCUT2D eigenvalue weighted by molar-refractivity contribution is 0.0697. The predicted octanol–water partition coefficient (Wildman–Crippen LogP) is 5.60. The molecule has 0 bridgehead atoms. The first-order valence-corrected chi connectivity index (χ1v) is 11.0. The number of nitrogens with zero attached hydrogens (tertiary/aromatic N) is 2. The maximum atomic E-state index is 13.5. The fraction of sp³-hybridized carbons (Fsp3) is 0.148. The molecular weight excluding hydrogens is 446 g/mol. The van der Waals surface area contributed by atoms with Crippen molar-refractivity contribution in [2.45, 2.75) is 19.8 Å². The molecule has 0 radical (unpaired) electrons. The van der Waals surface area contributed by atoms with Gasteiger partial charge in [0, 0.05) is 5.69 Å². The maximum Gasteiger partial charge on any atom is 0.335 e. The van der Waals surface area contributed by atoms with Crippen LogP contribution in [0.5, 0.6) is 17.2 Å². The van der Waals surface area contributed by atoms with Crippen LogP contribution in [-0.2, 0) is 0 Å². The molecule has 35 heavy (non-hydrogen) atoms. The Morgan fingerprint density at radius 3 is 2.34 bits per heavy atom. The summed E-state index contributed by atoms with van der Waals surface area (Å²) in [4.78, 5) is 24.7. The van der Waals surface area contributed by atoms with Gasteiger partial charge in [0.2, 0.25) is 0 Å². The van der Waals surface area contributed by atoms with E-state index in [0.717, 1.165) is 5.56 Å². The molecule has 0 aliphatic carbocycles. The monoisotopic (exact) mass is 471 g/mol. The number of hydrogen-bond acceptors (Lipinski definition) is 6. The number of methoxy groups -OCH3 is 1. The van der Waals surface area contributed by atoms with E-state index in [1.807, 2.05) is 24.3 Å². The summed E-state index contributed by atoms with van der Waals surface area (Å²) in [5.41, 5.74) is 2.04. The second kappa shape index (κ2) is 10.1. The minimum Gasteiger partial charge on any atom is -0.497 e. The van der Waals surface area contributed by atoms with Crippen molar-refractivity contribution in [1.82, 2.24) is 9.78 Å². The molecule has 3 aromatic carbocycles. The molecule has 0 saturated heterocycles. The molecule has 0 aliphatic heterocycles. The summed E-state index contributed by atoms with van der Waals surface area (Å²) in [6.45, 7) is 4.18. The third kappa shape index (κ3) is 5.33. The molecule has 0 amide bonds. The molecule has 1 aromatic heterocycles. The molecule has 0 spiro atoms. The van der Waals surface area contributed by atoms with Crippen LogP contribution in [0.25, 0.3) is 5.69 Å². The van der Waals surface area contributed by atoms with Crippen molar-refractivity contribution in [2.75, 3.05) is 12.4 Å². The topological polar surface area (TPSA) is 103 Å². The molecule has 2 N–H and O–H groups in total. The van der Waals surface area contributed by atoms with E-state index in [0.29, 0.717) is 28.8 Å². The Morgan fingerprint density at radius 1 is 1.00 bits per heavy atom. The number of anilines is 2. The largest absolute Gasteiger partial charge is 0.497 e. The molecule has 8 nitrogen and oxygen atoms in total. The van der Waals surface area contributed by atoms with Gasteiger partial charge >= 0.3 is 5.97 Å². The Bertz CT molecular complexity index is 1390. The molecule has 0 aliphatic rings. The van der Waals surface area contributed by atoms with Crippen LogP contribution in [0, 0.1) is 0 Å². The molecule has 4 aromatic rings. The van der Waals surface area contributed by atoms with Crippen molar-refractivity contribution >= 4 is 17.3 Å². The van der Waals surface area contributed by atoms with Gasteiger partial charge in [-0.15, -0.1) is 0 Å². The van der Waals surface area contributed by atoms with Gasteiger partial charge in [-0.3, -0.25) is 4.79 Å². The van der Waals surface area contributed by atoms with E-state index in [1.54, 1.807) is 43.5 Å². The summed E-state index contributed by atoms with van der Waals surface area (Å²) in [7, 11) is 1.57. The first-order valence-electron chi connectivity index (χ1n) is 11.0. The van der Waals surface area contributed by atoms with Gasteiger partial charge in [0.15, 0.2) is 11.4 Å². The Hall–Kier alpha value is -4.59. The molecule has 0 atom stereocenters. The number of ether oxygens (including phenoxy) is 2. The highest BCUT2D eigenvalue weighted by molar-refractivity contribution is 5.88. The van der Waals surface area contributed by atoms with E-state index in [4.69, 9.17) is 14.6 Å². The lowest BCUT2D eigenvalue weighted by atomic mass is 10.0. The highest BCUT2D eigenvalue weighted by Gasteiger charge is 2.16. The van der Waals surface area contributed by atoms with E-state index in [9.17, 15) is 9.59 Å². The second-order valence-electron chi connectivity index (χ2n) is 8.14. The minimum absolute atomic E-state index is 0.142.